The Hall–Kier alpha value is -3.09. The number of carbonyl (C=O) groups is 1. The first-order chi connectivity index (χ1) is 10.1. The first-order valence-corrected chi connectivity index (χ1v) is 6.05. The third kappa shape index (κ3) is 2.14. The van der Waals surface area contributed by atoms with Crippen molar-refractivity contribution in [2.24, 2.45) is 0 Å². The van der Waals surface area contributed by atoms with Crippen LogP contribution in [0.15, 0.2) is 36.4 Å². The van der Waals surface area contributed by atoms with Gasteiger partial charge in [0.25, 0.3) is 11.6 Å². The fourth-order valence-electron chi connectivity index (χ4n) is 2.11. The van der Waals surface area contributed by atoms with Gasteiger partial charge in [-0.1, -0.05) is 12.1 Å². The summed E-state index contributed by atoms with van der Waals surface area (Å²) in [5.41, 5.74) is -0.0429. The highest BCUT2D eigenvalue weighted by Crippen LogP contribution is 2.41. The Balaban J connectivity index is 2.25. The molecule has 2 aromatic rings. The molecular weight excluding hydrogens is 276 g/mol. The minimum absolute atomic E-state index is 0.0866. The Morgan fingerprint density at radius 2 is 2.00 bits per heavy atom. The minimum Gasteiger partial charge on any atom is -0.496 e. The molecule has 1 aliphatic rings. The van der Waals surface area contributed by atoms with Gasteiger partial charge in [-0.2, -0.15) is 0 Å². The Bertz CT molecular complexity index is 757. The molecule has 0 aromatic heterocycles. The van der Waals surface area contributed by atoms with E-state index in [1.54, 1.807) is 24.3 Å². The molecule has 0 radical (unpaired) electrons. The second-order valence-electron chi connectivity index (χ2n) is 4.33. The lowest BCUT2D eigenvalue weighted by molar-refractivity contribution is -0.385. The molecule has 0 spiro atoms. The van der Waals surface area contributed by atoms with Gasteiger partial charge in [-0.25, -0.2) is 0 Å². The molecule has 7 heteroatoms. The molecule has 0 bridgehead atoms. The summed E-state index contributed by atoms with van der Waals surface area (Å²) >= 11 is 0. The van der Waals surface area contributed by atoms with Crippen LogP contribution in [0.2, 0.25) is 0 Å². The SMILES string of the molecule is COc1cc2c(c([N+](=O)[O-])c1)C(=O)Nc1ccccc1O2. The Morgan fingerprint density at radius 1 is 1.24 bits per heavy atom. The van der Waals surface area contributed by atoms with Gasteiger partial charge >= 0.3 is 0 Å². The molecule has 0 aliphatic carbocycles. The molecule has 1 heterocycles. The number of rotatable bonds is 2. The summed E-state index contributed by atoms with van der Waals surface area (Å²) in [6.45, 7) is 0. The highest BCUT2D eigenvalue weighted by Gasteiger charge is 2.30. The number of anilines is 1. The average molecular weight is 286 g/mol. The van der Waals surface area contributed by atoms with E-state index < -0.39 is 10.8 Å². The van der Waals surface area contributed by atoms with Crippen molar-refractivity contribution in [2.75, 3.05) is 12.4 Å². The van der Waals surface area contributed by atoms with Crippen molar-refractivity contribution in [1.82, 2.24) is 0 Å². The lowest BCUT2D eigenvalue weighted by Crippen LogP contribution is -2.13. The number of fused-ring (bicyclic) bond motifs is 2. The van der Waals surface area contributed by atoms with Crippen molar-refractivity contribution in [3.8, 4) is 17.2 Å². The fraction of sp³-hybridized carbons (Fsp3) is 0.0714. The van der Waals surface area contributed by atoms with Crippen LogP contribution in [-0.4, -0.2) is 17.9 Å². The maximum atomic E-state index is 12.3. The van der Waals surface area contributed by atoms with Crippen LogP contribution in [0.1, 0.15) is 10.4 Å². The number of methoxy groups -OCH3 is 1. The highest BCUT2D eigenvalue weighted by molar-refractivity contribution is 6.10. The van der Waals surface area contributed by atoms with Gasteiger partial charge in [-0.15, -0.1) is 0 Å². The standard InChI is InChI=1S/C14H10N2O5/c1-20-8-6-10(16(18)19)13-12(7-8)21-11-5-3-2-4-9(11)15-14(13)17/h2-7H,1H3,(H,15,17). The summed E-state index contributed by atoms with van der Waals surface area (Å²) in [4.78, 5) is 22.8. The van der Waals surface area contributed by atoms with Gasteiger partial charge in [0.2, 0.25) is 0 Å². The monoisotopic (exact) mass is 286 g/mol. The largest absolute Gasteiger partial charge is 0.496 e. The molecule has 106 valence electrons. The number of nitrogens with one attached hydrogen (secondary N) is 1. The van der Waals surface area contributed by atoms with E-state index in [4.69, 9.17) is 9.47 Å². The molecule has 0 saturated carbocycles. The number of carbonyl (C=O) groups excluding carboxylic acids is 1. The average Bonchev–Trinajstić information content (AvgIpc) is 2.61. The van der Waals surface area contributed by atoms with Crippen LogP contribution in [-0.2, 0) is 0 Å². The number of nitrogens with zero attached hydrogens (tertiary/aromatic N) is 1. The molecule has 0 fully saturated rings. The van der Waals surface area contributed by atoms with Crippen molar-refractivity contribution < 1.29 is 19.2 Å². The molecule has 7 nitrogen and oxygen atoms in total. The number of para-hydroxylation sites is 2. The van der Waals surface area contributed by atoms with Gasteiger partial charge in [0, 0.05) is 6.07 Å². The van der Waals surface area contributed by atoms with Gasteiger partial charge in [0.15, 0.2) is 17.1 Å². The molecule has 21 heavy (non-hydrogen) atoms. The third-order valence-electron chi connectivity index (χ3n) is 3.07. The fourth-order valence-corrected chi connectivity index (χ4v) is 2.11. The first kappa shape index (κ1) is 12.9. The number of amides is 1. The molecule has 0 saturated heterocycles. The van der Waals surface area contributed by atoms with Crippen LogP contribution in [0, 0.1) is 10.1 Å². The Kier molecular flexibility index (Phi) is 2.94. The van der Waals surface area contributed by atoms with E-state index in [9.17, 15) is 14.9 Å². The van der Waals surface area contributed by atoms with Crippen LogP contribution in [0.25, 0.3) is 0 Å². The zero-order chi connectivity index (χ0) is 15.0. The molecule has 3 rings (SSSR count). The summed E-state index contributed by atoms with van der Waals surface area (Å²) < 4.78 is 10.7. The van der Waals surface area contributed by atoms with Crippen LogP contribution < -0.4 is 14.8 Å². The minimum atomic E-state index is -0.639. The highest BCUT2D eigenvalue weighted by atomic mass is 16.6. The summed E-state index contributed by atoms with van der Waals surface area (Å²) in [5.74, 6) is 0.146. The molecule has 1 aliphatic heterocycles. The number of nitro benzene ring substituents is 1. The van der Waals surface area contributed by atoms with Crippen LogP contribution in [0.5, 0.6) is 17.2 Å². The first-order valence-electron chi connectivity index (χ1n) is 6.05. The lowest BCUT2D eigenvalue weighted by Gasteiger charge is -2.09. The van der Waals surface area contributed by atoms with Gasteiger partial charge < -0.3 is 14.8 Å². The predicted molar refractivity (Wildman–Crippen MR) is 74.1 cm³/mol. The maximum Gasteiger partial charge on any atom is 0.289 e. The molecule has 0 unspecified atom stereocenters. The van der Waals surface area contributed by atoms with E-state index in [1.165, 1.54) is 19.2 Å². The third-order valence-corrected chi connectivity index (χ3v) is 3.07. The quantitative estimate of drug-likeness (QED) is 0.677. The summed E-state index contributed by atoms with van der Waals surface area (Å²) in [7, 11) is 1.39. The van der Waals surface area contributed by atoms with E-state index in [2.05, 4.69) is 5.32 Å². The van der Waals surface area contributed by atoms with Crippen molar-refractivity contribution >= 4 is 17.3 Å². The van der Waals surface area contributed by atoms with E-state index in [-0.39, 0.29) is 22.7 Å². The second kappa shape index (κ2) is 4.78. The summed E-state index contributed by atoms with van der Waals surface area (Å²) in [6, 6.07) is 9.43. The normalized spacial score (nSPS) is 12.3. The van der Waals surface area contributed by atoms with Crippen molar-refractivity contribution in [3.05, 3.63) is 52.1 Å². The van der Waals surface area contributed by atoms with Gasteiger partial charge in [0.1, 0.15) is 5.75 Å². The van der Waals surface area contributed by atoms with E-state index in [1.807, 2.05) is 0 Å². The number of nitro groups is 1. The van der Waals surface area contributed by atoms with Gasteiger partial charge in [-0.05, 0) is 12.1 Å². The van der Waals surface area contributed by atoms with E-state index in [0.29, 0.717) is 11.4 Å². The van der Waals surface area contributed by atoms with Crippen molar-refractivity contribution in [2.45, 2.75) is 0 Å². The maximum absolute atomic E-state index is 12.3. The molecule has 2 aromatic carbocycles. The molecule has 0 atom stereocenters. The lowest BCUT2D eigenvalue weighted by atomic mass is 10.1. The summed E-state index contributed by atoms with van der Waals surface area (Å²) in [6.07, 6.45) is 0. The van der Waals surface area contributed by atoms with Gasteiger partial charge in [-0.3, -0.25) is 14.9 Å². The molecule has 1 amide bonds. The van der Waals surface area contributed by atoms with Crippen LogP contribution in [0.4, 0.5) is 11.4 Å². The Labute approximate surface area is 119 Å². The topological polar surface area (TPSA) is 90.7 Å². The van der Waals surface area contributed by atoms with Crippen LogP contribution >= 0.6 is 0 Å². The predicted octanol–water partition coefficient (Wildman–Crippen LogP) is 2.96. The van der Waals surface area contributed by atoms with E-state index >= 15 is 0 Å². The zero-order valence-corrected chi connectivity index (χ0v) is 11.0. The van der Waals surface area contributed by atoms with E-state index in [0.717, 1.165) is 0 Å². The molecule has 1 N–H and O–H groups in total. The molecular formula is C14H10N2O5. The van der Waals surface area contributed by atoms with Crippen molar-refractivity contribution in [3.63, 3.8) is 0 Å². The number of hydrogen-bond acceptors (Lipinski definition) is 5. The Morgan fingerprint density at radius 3 is 2.71 bits per heavy atom. The zero-order valence-electron chi connectivity index (χ0n) is 11.0. The number of hydrogen-bond donors (Lipinski definition) is 1. The number of benzene rings is 2. The number of ether oxygens (including phenoxy) is 2. The smallest absolute Gasteiger partial charge is 0.289 e. The second-order valence-corrected chi connectivity index (χ2v) is 4.33. The van der Waals surface area contributed by atoms with Gasteiger partial charge in [0.05, 0.1) is 23.8 Å². The van der Waals surface area contributed by atoms with Crippen molar-refractivity contribution in [1.29, 1.82) is 0 Å². The van der Waals surface area contributed by atoms with Crippen LogP contribution in [0.3, 0.4) is 0 Å². The summed E-state index contributed by atoms with van der Waals surface area (Å²) in [5, 5.41) is 13.8.